The maximum Gasteiger partial charge on any atom is 0.125 e. The Balaban J connectivity index is 2.70. The average molecular weight is 273 g/mol. The van der Waals surface area contributed by atoms with Gasteiger partial charge in [0.25, 0.3) is 0 Å². The molecule has 0 saturated heterocycles. The number of nitrogens with zero attached hydrogens (tertiary/aromatic N) is 1. The molecule has 1 heterocycles. The Morgan fingerprint density at radius 2 is 2.14 bits per heavy atom. The van der Waals surface area contributed by atoms with Gasteiger partial charge in [0.1, 0.15) is 10.4 Å². The fraction of sp³-hybridized carbons (Fsp3) is 0.100. The van der Waals surface area contributed by atoms with Gasteiger partial charge in [0, 0.05) is 5.39 Å². The molecule has 0 aliphatic carbocycles. The van der Waals surface area contributed by atoms with Crippen molar-refractivity contribution in [1.82, 2.24) is 4.98 Å². The molecule has 14 heavy (non-hydrogen) atoms. The summed E-state index contributed by atoms with van der Waals surface area (Å²) in [4.78, 5) is 4.28. The average Bonchev–Trinajstić information content (AvgIpc) is 2.19. The molecule has 0 N–H and O–H groups in total. The molecule has 0 radical (unpaired) electrons. The molecule has 2 nitrogen and oxygen atoms in total. The second kappa shape index (κ2) is 3.75. The van der Waals surface area contributed by atoms with Gasteiger partial charge in [0.05, 0.1) is 17.6 Å². The van der Waals surface area contributed by atoms with Crippen LogP contribution in [0.5, 0.6) is 5.75 Å². The highest BCUT2D eigenvalue weighted by Crippen LogP contribution is 2.27. The predicted octanol–water partition coefficient (Wildman–Crippen LogP) is 3.66. The summed E-state index contributed by atoms with van der Waals surface area (Å²) in [7, 11) is 1.63. The van der Waals surface area contributed by atoms with Crippen molar-refractivity contribution >= 4 is 38.4 Å². The third-order valence-electron chi connectivity index (χ3n) is 1.93. The highest BCUT2D eigenvalue weighted by atomic mass is 79.9. The number of fused-ring (bicyclic) bond motifs is 1. The smallest absolute Gasteiger partial charge is 0.125 e. The molecule has 0 saturated carbocycles. The van der Waals surface area contributed by atoms with Crippen LogP contribution in [-0.2, 0) is 0 Å². The summed E-state index contributed by atoms with van der Waals surface area (Å²) >= 11 is 9.21. The van der Waals surface area contributed by atoms with E-state index < -0.39 is 0 Å². The van der Waals surface area contributed by atoms with Crippen molar-refractivity contribution in [2.45, 2.75) is 0 Å². The van der Waals surface area contributed by atoms with E-state index in [9.17, 15) is 0 Å². The van der Waals surface area contributed by atoms with Gasteiger partial charge in [-0.3, -0.25) is 0 Å². The number of benzene rings is 1. The molecule has 0 unspecified atom stereocenters. The first-order valence-corrected chi connectivity index (χ1v) is 5.17. The molecule has 0 aliphatic heterocycles. The number of ether oxygens (including phenoxy) is 1. The van der Waals surface area contributed by atoms with Gasteiger partial charge >= 0.3 is 0 Å². The van der Waals surface area contributed by atoms with Crippen molar-refractivity contribution in [3.05, 3.63) is 33.9 Å². The SMILES string of the molecule is COc1ccc2nc(Br)c(Cl)cc2c1. The van der Waals surface area contributed by atoms with Crippen LogP contribution in [0.1, 0.15) is 0 Å². The highest BCUT2D eigenvalue weighted by molar-refractivity contribution is 9.10. The standard InChI is InChI=1S/C10H7BrClNO/c1-14-7-2-3-9-6(4-7)5-8(12)10(11)13-9/h2-5H,1H3. The molecule has 0 fully saturated rings. The molecular weight excluding hydrogens is 265 g/mol. The van der Waals surface area contributed by atoms with Crippen LogP contribution in [0.2, 0.25) is 5.02 Å². The second-order valence-corrected chi connectivity index (χ2v) is 3.98. The fourth-order valence-corrected chi connectivity index (χ4v) is 1.70. The molecule has 0 atom stereocenters. The Morgan fingerprint density at radius 1 is 1.36 bits per heavy atom. The van der Waals surface area contributed by atoms with E-state index in [1.54, 1.807) is 7.11 Å². The topological polar surface area (TPSA) is 22.1 Å². The Bertz CT molecular complexity index is 487. The molecule has 0 spiro atoms. The van der Waals surface area contributed by atoms with E-state index in [1.807, 2.05) is 24.3 Å². The van der Waals surface area contributed by atoms with Crippen LogP contribution < -0.4 is 4.74 Å². The van der Waals surface area contributed by atoms with Crippen molar-refractivity contribution in [2.75, 3.05) is 7.11 Å². The number of rotatable bonds is 1. The molecule has 1 aromatic heterocycles. The summed E-state index contributed by atoms with van der Waals surface area (Å²) in [6.45, 7) is 0. The molecule has 2 aromatic rings. The zero-order valence-corrected chi connectivity index (χ0v) is 9.76. The summed E-state index contributed by atoms with van der Waals surface area (Å²) in [5.74, 6) is 0.803. The van der Waals surface area contributed by atoms with Gasteiger partial charge in [0.2, 0.25) is 0 Å². The minimum Gasteiger partial charge on any atom is -0.497 e. The number of halogens is 2. The summed E-state index contributed by atoms with van der Waals surface area (Å²) in [6, 6.07) is 7.53. The maximum atomic E-state index is 5.93. The number of hydrogen-bond donors (Lipinski definition) is 0. The second-order valence-electron chi connectivity index (χ2n) is 2.82. The van der Waals surface area contributed by atoms with Gasteiger partial charge in [-0.15, -0.1) is 0 Å². The van der Waals surface area contributed by atoms with E-state index in [0.29, 0.717) is 9.63 Å². The Hall–Kier alpha value is -0.800. The summed E-state index contributed by atoms with van der Waals surface area (Å²) in [5, 5.41) is 1.57. The van der Waals surface area contributed by atoms with Gasteiger partial charge < -0.3 is 4.74 Å². The minimum absolute atomic E-state index is 0.603. The Morgan fingerprint density at radius 3 is 2.86 bits per heavy atom. The largest absolute Gasteiger partial charge is 0.497 e. The first-order valence-electron chi connectivity index (χ1n) is 4.00. The van der Waals surface area contributed by atoms with E-state index in [1.165, 1.54) is 0 Å². The predicted molar refractivity (Wildman–Crippen MR) is 61.0 cm³/mol. The van der Waals surface area contributed by atoms with E-state index in [-0.39, 0.29) is 0 Å². The lowest BCUT2D eigenvalue weighted by molar-refractivity contribution is 0.415. The zero-order chi connectivity index (χ0) is 10.1. The van der Waals surface area contributed by atoms with Crippen LogP contribution in [-0.4, -0.2) is 12.1 Å². The third-order valence-corrected chi connectivity index (χ3v) is 3.05. The van der Waals surface area contributed by atoms with Crippen LogP contribution in [0, 0.1) is 0 Å². The van der Waals surface area contributed by atoms with Crippen LogP contribution in [0.3, 0.4) is 0 Å². The lowest BCUT2D eigenvalue weighted by atomic mass is 10.2. The van der Waals surface area contributed by atoms with Crippen molar-refractivity contribution in [1.29, 1.82) is 0 Å². The minimum atomic E-state index is 0.603. The maximum absolute atomic E-state index is 5.93. The first kappa shape index (κ1) is 9.74. The van der Waals surface area contributed by atoms with Crippen molar-refractivity contribution in [2.24, 2.45) is 0 Å². The summed E-state index contributed by atoms with van der Waals surface area (Å²) < 4.78 is 5.77. The van der Waals surface area contributed by atoms with Crippen molar-refractivity contribution in [3.63, 3.8) is 0 Å². The number of hydrogen-bond acceptors (Lipinski definition) is 2. The first-order chi connectivity index (χ1) is 6.70. The van der Waals surface area contributed by atoms with Gasteiger partial charge in [0.15, 0.2) is 0 Å². The van der Waals surface area contributed by atoms with E-state index >= 15 is 0 Å². The molecule has 2 rings (SSSR count). The normalized spacial score (nSPS) is 10.5. The van der Waals surface area contributed by atoms with E-state index in [0.717, 1.165) is 16.7 Å². The van der Waals surface area contributed by atoms with Crippen LogP contribution in [0.25, 0.3) is 10.9 Å². The molecule has 1 aromatic carbocycles. The molecule has 72 valence electrons. The van der Waals surface area contributed by atoms with Crippen molar-refractivity contribution in [3.8, 4) is 5.75 Å². The molecule has 0 aliphatic rings. The lowest BCUT2D eigenvalue weighted by Gasteiger charge is -2.03. The number of aromatic nitrogens is 1. The van der Waals surface area contributed by atoms with E-state index in [2.05, 4.69) is 20.9 Å². The molecule has 4 heteroatoms. The van der Waals surface area contributed by atoms with Gasteiger partial charge in [-0.25, -0.2) is 4.98 Å². The van der Waals surface area contributed by atoms with Crippen LogP contribution >= 0.6 is 27.5 Å². The molecule has 0 amide bonds. The summed E-state index contributed by atoms with van der Waals surface area (Å²) in [5.41, 5.74) is 0.891. The Kier molecular flexibility index (Phi) is 2.61. The third kappa shape index (κ3) is 1.70. The zero-order valence-electron chi connectivity index (χ0n) is 7.42. The lowest BCUT2D eigenvalue weighted by Crippen LogP contribution is -1.85. The highest BCUT2D eigenvalue weighted by Gasteiger charge is 2.02. The number of methoxy groups -OCH3 is 1. The van der Waals surface area contributed by atoms with Gasteiger partial charge in [-0.05, 0) is 40.2 Å². The summed E-state index contributed by atoms with van der Waals surface area (Å²) in [6.07, 6.45) is 0. The fourth-order valence-electron chi connectivity index (χ4n) is 1.23. The van der Waals surface area contributed by atoms with Gasteiger partial charge in [-0.2, -0.15) is 0 Å². The van der Waals surface area contributed by atoms with E-state index in [4.69, 9.17) is 16.3 Å². The van der Waals surface area contributed by atoms with Gasteiger partial charge in [-0.1, -0.05) is 11.6 Å². The Labute approximate surface area is 95.0 Å². The number of pyridine rings is 1. The quantitative estimate of drug-likeness (QED) is 0.739. The van der Waals surface area contributed by atoms with Crippen molar-refractivity contribution < 1.29 is 4.74 Å². The molecular formula is C10H7BrClNO. The molecule has 0 bridgehead atoms. The van der Waals surface area contributed by atoms with Crippen LogP contribution in [0.15, 0.2) is 28.9 Å². The van der Waals surface area contributed by atoms with Crippen LogP contribution in [0.4, 0.5) is 0 Å². The monoisotopic (exact) mass is 271 g/mol.